The van der Waals surface area contributed by atoms with Crippen molar-refractivity contribution >= 4 is 5.91 Å². The van der Waals surface area contributed by atoms with Crippen molar-refractivity contribution in [3.05, 3.63) is 35.4 Å². The highest BCUT2D eigenvalue weighted by molar-refractivity contribution is 5.92. The highest BCUT2D eigenvalue weighted by Crippen LogP contribution is 2.34. The number of aryl methyl sites for hydroxylation is 1. The van der Waals surface area contributed by atoms with Crippen LogP contribution >= 0.6 is 0 Å². The summed E-state index contributed by atoms with van der Waals surface area (Å²) in [6.45, 7) is 0. The first-order chi connectivity index (χ1) is 13.3. The summed E-state index contributed by atoms with van der Waals surface area (Å²) >= 11 is 0. The lowest BCUT2D eigenvalue weighted by atomic mass is 9.93. The molecule has 1 amide bonds. The summed E-state index contributed by atoms with van der Waals surface area (Å²) in [5, 5.41) is 19.1. The second kappa shape index (κ2) is 7.84. The lowest BCUT2D eigenvalue weighted by Gasteiger charge is -2.29. The van der Waals surface area contributed by atoms with Gasteiger partial charge >= 0.3 is 6.18 Å². The molecule has 0 spiro atoms. The molecule has 0 aromatic carbocycles. The van der Waals surface area contributed by atoms with Gasteiger partial charge < -0.3 is 10.1 Å². The summed E-state index contributed by atoms with van der Waals surface area (Å²) in [4.78, 5) is 15.6. The fraction of sp³-hybridized carbons (Fsp3) is 0.471. The lowest BCUT2D eigenvalue weighted by molar-refractivity contribution is -0.138. The third-order valence-corrected chi connectivity index (χ3v) is 4.42. The molecule has 11 heteroatoms. The molecule has 0 aliphatic heterocycles. The predicted octanol–water partition coefficient (Wildman–Crippen LogP) is 2.22. The summed E-state index contributed by atoms with van der Waals surface area (Å²) < 4.78 is 46.1. The van der Waals surface area contributed by atoms with E-state index in [0.717, 1.165) is 12.3 Å². The fourth-order valence-corrected chi connectivity index (χ4v) is 3.04. The van der Waals surface area contributed by atoms with E-state index in [-0.39, 0.29) is 29.5 Å². The molecular weight excluding hydrogens is 377 g/mol. The number of hydrogen-bond acceptors (Lipinski definition) is 6. The maximum absolute atomic E-state index is 13.0. The van der Waals surface area contributed by atoms with E-state index in [0.29, 0.717) is 25.7 Å². The van der Waals surface area contributed by atoms with E-state index in [1.807, 2.05) is 0 Å². The minimum atomic E-state index is -4.68. The number of pyridine rings is 1. The predicted molar refractivity (Wildman–Crippen MR) is 89.1 cm³/mol. The van der Waals surface area contributed by atoms with Gasteiger partial charge in [-0.3, -0.25) is 9.48 Å². The van der Waals surface area contributed by atoms with Crippen LogP contribution in [0.1, 0.15) is 47.4 Å². The Hall–Kier alpha value is -3.16. The van der Waals surface area contributed by atoms with Crippen LogP contribution in [0.3, 0.4) is 0 Å². The smallest absolute Gasteiger partial charge is 0.419 e. The van der Waals surface area contributed by atoms with Crippen molar-refractivity contribution in [3.8, 4) is 11.8 Å². The van der Waals surface area contributed by atoms with Gasteiger partial charge in [0.1, 0.15) is 11.8 Å². The second-order valence-corrected chi connectivity index (χ2v) is 6.52. The van der Waals surface area contributed by atoms with Crippen LogP contribution in [0.4, 0.5) is 13.2 Å². The maximum atomic E-state index is 13.0. The van der Waals surface area contributed by atoms with Crippen molar-refractivity contribution in [2.75, 3.05) is 0 Å². The van der Waals surface area contributed by atoms with E-state index in [1.165, 1.54) is 16.9 Å². The normalized spacial score (nSPS) is 19.7. The number of carbonyl (C=O) groups excluding carboxylic acids is 1. The Morgan fingerprint density at radius 3 is 2.64 bits per heavy atom. The van der Waals surface area contributed by atoms with Gasteiger partial charge in [-0.1, -0.05) is 5.21 Å². The number of carbonyl (C=O) groups is 1. The molecule has 8 nitrogen and oxygen atoms in total. The number of rotatable bonds is 4. The third-order valence-electron chi connectivity index (χ3n) is 4.42. The van der Waals surface area contributed by atoms with Crippen LogP contribution in [0, 0.1) is 11.3 Å². The molecule has 2 aromatic rings. The van der Waals surface area contributed by atoms with Crippen LogP contribution in [0.2, 0.25) is 0 Å². The van der Waals surface area contributed by atoms with Crippen molar-refractivity contribution in [2.24, 2.45) is 7.05 Å². The number of nitrogens with one attached hydrogen (secondary N) is 1. The van der Waals surface area contributed by atoms with Crippen molar-refractivity contribution in [3.63, 3.8) is 0 Å². The molecule has 0 atom stereocenters. The minimum Gasteiger partial charge on any atom is -0.489 e. The Labute approximate surface area is 158 Å². The zero-order valence-corrected chi connectivity index (χ0v) is 14.9. The number of halogens is 3. The molecule has 28 heavy (non-hydrogen) atoms. The van der Waals surface area contributed by atoms with E-state index in [2.05, 4.69) is 20.6 Å². The van der Waals surface area contributed by atoms with Crippen molar-refractivity contribution < 1.29 is 22.7 Å². The van der Waals surface area contributed by atoms with Gasteiger partial charge in [0.15, 0.2) is 11.4 Å². The van der Waals surface area contributed by atoms with Gasteiger partial charge in [-0.25, -0.2) is 4.98 Å². The summed E-state index contributed by atoms with van der Waals surface area (Å²) in [5.74, 6) is -0.345. The Bertz CT molecular complexity index is 897. The van der Waals surface area contributed by atoms with Crippen LogP contribution in [-0.4, -0.2) is 38.0 Å². The number of amides is 1. The molecule has 1 fully saturated rings. The number of alkyl halides is 3. The first-order valence-corrected chi connectivity index (χ1v) is 8.57. The topological polar surface area (TPSA) is 106 Å². The number of nitriles is 1. The Morgan fingerprint density at radius 2 is 2.07 bits per heavy atom. The van der Waals surface area contributed by atoms with E-state index >= 15 is 0 Å². The molecule has 2 heterocycles. The molecule has 1 N–H and O–H groups in total. The number of nitrogens with zero attached hydrogens (tertiary/aromatic N) is 5. The van der Waals surface area contributed by atoms with E-state index in [9.17, 15) is 18.0 Å². The van der Waals surface area contributed by atoms with Gasteiger partial charge in [0.2, 0.25) is 0 Å². The Balaban J connectivity index is 1.56. The third kappa shape index (κ3) is 4.57. The summed E-state index contributed by atoms with van der Waals surface area (Å²) in [7, 11) is 1.66. The molecule has 1 saturated carbocycles. The molecule has 1 aliphatic carbocycles. The fourth-order valence-electron chi connectivity index (χ4n) is 3.04. The van der Waals surface area contributed by atoms with Gasteiger partial charge in [0, 0.05) is 13.1 Å². The molecule has 1 aliphatic rings. The van der Waals surface area contributed by atoms with E-state index < -0.39 is 17.4 Å². The first kappa shape index (κ1) is 19.6. The zero-order chi connectivity index (χ0) is 20.3. The van der Waals surface area contributed by atoms with Gasteiger partial charge in [0.25, 0.3) is 5.91 Å². The molecule has 2 aromatic heterocycles. The lowest BCUT2D eigenvalue weighted by Crippen LogP contribution is -2.39. The van der Waals surface area contributed by atoms with Crippen molar-refractivity contribution in [1.82, 2.24) is 25.3 Å². The van der Waals surface area contributed by atoms with Gasteiger partial charge in [-0.2, -0.15) is 18.4 Å². The van der Waals surface area contributed by atoms with Crippen LogP contribution < -0.4 is 10.1 Å². The molecule has 0 saturated heterocycles. The SMILES string of the molecule is Cn1cc(C(=O)NC2CCC(Oc3cnc(C#N)c(C(F)(F)F)c3)CC2)nn1. The van der Waals surface area contributed by atoms with Crippen LogP contribution in [0.15, 0.2) is 18.5 Å². The second-order valence-electron chi connectivity index (χ2n) is 6.52. The van der Waals surface area contributed by atoms with Crippen LogP contribution in [-0.2, 0) is 13.2 Å². The number of ether oxygens (including phenoxy) is 1. The minimum absolute atomic E-state index is 0.0293. The number of hydrogen-bond donors (Lipinski definition) is 1. The Morgan fingerprint density at radius 1 is 1.36 bits per heavy atom. The monoisotopic (exact) mass is 394 g/mol. The molecule has 0 bridgehead atoms. The Kier molecular flexibility index (Phi) is 5.48. The molecule has 0 unspecified atom stereocenters. The summed E-state index contributed by atoms with van der Waals surface area (Å²) in [5.41, 5.74) is -1.57. The van der Waals surface area contributed by atoms with Gasteiger partial charge in [0.05, 0.1) is 24.1 Å². The standard InChI is InChI=1S/C17H17F3N6O2/c1-26-9-15(24-25-26)16(27)23-10-2-4-11(5-3-10)28-12-6-13(17(18,19)20)14(7-21)22-8-12/h6,8-11H,2-5H2,1H3,(H,23,27). The van der Waals surface area contributed by atoms with Gasteiger partial charge in [-0.05, 0) is 31.7 Å². The average molecular weight is 394 g/mol. The first-order valence-electron chi connectivity index (χ1n) is 8.57. The highest BCUT2D eigenvalue weighted by Gasteiger charge is 2.35. The largest absolute Gasteiger partial charge is 0.489 e. The molecule has 0 radical (unpaired) electrons. The summed E-state index contributed by atoms with van der Waals surface area (Å²) in [6.07, 6.45) is 0.0225. The van der Waals surface area contributed by atoms with E-state index in [4.69, 9.17) is 10.00 Å². The van der Waals surface area contributed by atoms with Crippen LogP contribution in [0.5, 0.6) is 5.75 Å². The molecular formula is C17H17F3N6O2. The number of aromatic nitrogens is 4. The highest BCUT2D eigenvalue weighted by atomic mass is 19.4. The van der Waals surface area contributed by atoms with Crippen LogP contribution in [0.25, 0.3) is 0 Å². The quantitative estimate of drug-likeness (QED) is 0.852. The zero-order valence-electron chi connectivity index (χ0n) is 14.9. The maximum Gasteiger partial charge on any atom is 0.419 e. The van der Waals surface area contributed by atoms with Crippen molar-refractivity contribution in [1.29, 1.82) is 5.26 Å². The molecule has 148 valence electrons. The van der Waals surface area contributed by atoms with E-state index in [1.54, 1.807) is 7.05 Å². The molecule has 3 rings (SSSR count). The summed E-state index contributed by atoms with van der Waals surface area (Å²) in [6, 6.07) is 2.16. The van der Waals surface area contributed by atoms with Crippen molar-refractivity contribution in [2.45, 2.75) is 44.0 Å². The van der Waals surface area contributed by atoms with Gasteiger partial charge in [-0.15, -0.1) is 5.10 Å². The average Bonchev–Trinajstić information content (AvgIpc) is 3.09.